The molecule has 2 aromatic rings. The van der Waals surface area contributed by atoms with Crippen molar-refractivity contribution < 1.29 is 9.18 Å². The minimum Gasteiger partial charge on any atom is -0.399 e. The lowest BCUT2D eigenvalue weighted by Crippen LogP contribution is -2.13. The van der Waals surface area contributed by atoms with Crippen LogP contribution in [0.5, 0.6) is 0 Å². The fraction of sp³-hybridized carbons (Fsp3) is 0.0714. The van der Waals surface area contributed by atoms with Gasteiger partial charge in [-0.05, 0) is 37.3 Å². The fourth-order valence-corrected chi connectivity index (χ4v) is 1.55. The number of hydrogen-bond acceptors (Lipinski definition) is 2. The number of halogens is 1. The van der Waals surface area contributed by atoms with Gasteiger partial charge in [0.05, 0.1) is 5.56 Å². The molecule has 3 nitrogen and oxygen atoms in total. The first-order chi connectivity index (χ1) is 8.56. The highest BCUT2D eigenvalue weighted by molar-refractivity contribution is 6.04. The Kier molecular flexibility index (Phi) is 3.28. The molecule has 92 valence electrons. The zero-order chi connectivity index (χ0) is 13.1. The molecule has 0 unspecified atom stereocenters. The number of benzene rings is 2. The van der Waals surface area contributed by atoms with E-state index in [-0.39, 0.29) is 5.56 Å². The predicted octanol–water partition coefficient (Wildman–Crippen LogP) is 2.97. The van der Waals surface area contributed by atoms with Gasteiger partial charge in [-0.2, -0.15) is 0 Å². The first kappa shape index (κ1) is 12.1. The summed E-state index contributed by atoms with van der Waals surface area (Å²) in [5.74, 6) is -1.11. The number of nitrogen functional groups attached to an aromatic ring is 1. The number of carbonyl (C=O) groups is 1. The van der Waals surface area contributed by atoms with Crippen molar-refractivity contribution in [1.82, 2.24) is 0 Å². The van der Waals surface area contributed by atoms with Crippen LogP contribution in [0.25, 0.3) is 0 Å². The standard InChI is InChI=1S/C14H13FN2O/c1-9-2-5-11(6-3-9)17-14(18)12-7-4-10(16)8-13(12)15/h2-8H,16H2,1H3,(H,17,18). The summed E-state index contributed by atoms with van der Waals surface area (Å²) in [4.78, 5) is 11.8. The van der Waals surface area contributed by atoms with Gasteiger partial charge in [-0.3, -0.25) is 4.79 Å². The predicted molar refractivity (Wildman–Crippen MR) is 69.9 cm³/mol. The highest BCUT2D eigenvalue weighted by Gasteiger charge is 2.11. The number of nitrogens with one attached hydrogen (secondary N) is 1. The zero-order valence-corrected chi connectivity index (χ0v) is 9.91. The van der Waals surface area contributed by atoms with E-state index in [1.807, 2.05) is 19.1 Å². The van der Waals surface area contributed by atoms with Gasteiger partial charge in [0.25, 0.3) is 5.91 Å². The lowest BCUT2D eigenvalue weighted by Gasteiger charge is -2.06. The summed E-state index contributed by atoms with van der Waals surface area (Å²) in [6.07, 6.45) is 0. The SMILES string of the molecule is Cc1ccc(NC(=O)c2ccc(N)cc2F)cc1. The van der Waals surface area contributed by atoms with Crippen LogP contribution in [-0.2, 0) is 0 Å². The van der Waals surface area contributed by atoms with Crippen LogP contribution < -0.4 is 11.1 Å². The molecule has 2 aromatic carbocycles. The third-order valence-corrected chi connectivity index (χ3v) is 2.55. The molecule has 0 aliphatic rings. The average molecular weight is 244 g/mol. The van der Waals surface area contributed by atoms with Crippen LogP contribution in [0.15, 0.2) is 42.5 Å². The van der Waals surface area contributed by atoms with Crippen molar-refractivity contribution in [3.63, 3.8) is 0 Å². The largest absolute Gasteiger partial charge is 0.399 e. The molecule has 0 aromatic heterocycles. The van der Waals surface area contributed by atoms with Crippen LogP contribution >= 0.6 is 0 Å². The molecule has 18 heavy (non-hydrogen) atoms. The van der Waals surface area contributed by atoms with Crippen molar-refractivity contribution in [2.45, 2.75) is 6.92 Å². The first-order valence-electron chi connectivity index (χ1n) is 5.49. The summed E-state index contributed by atoms with van der Waals surface area (Å²) in [5.41, 5.74) is 7.41. The number of carbonyl (C=O) groups excluding carboxylic acids is 1. The molecule has 0 radical (unpaired) electrons. The van der Waals surface area contributed by atoms with E-state index in [4.69, 9.17) is 5.73 Å². The Morgan fingerprint density at radius 2 is 1.83 bits per heavy atom. The highest BCUT2D eigenvalue weighted by Crippen LogP contribution is 2.15. The monoisotopic (exact) mass is 244 g/mol. The molecule has 0 spiro atoms. The molecule has 0 saturated carbocycles. The number of nitrogens with two attached hydrogens (primary N) is 1. The normalized spacial score (nSPS) is 10.1. The summed E-state index contributed by atoms with van der Waals surface area (Å²) in [6.45, 7) is 1.95. The molecule has 1 amide bonds. The van der Waals surface area contributed by atoms with Gasteiger partial charge in [-0.25, -0.2) is 4.39 Å². The molecule has 3 N–H and O–H groups in total. The van der Waals surface area contributed by atoms with Gasteiger partial charge >= 0.3 is 0 Å². The molecule has 0 atom stereocenters. The number of hydrogen-bond donors (Lipinski definition) is 2. The summed E-state index contributed by atoms with van der Waals surface area (Å²) in [6, 6.07) is 11.3. The number of amides is 1. The second kappa shape index (κ2) is 4.87. The van der Waals surface area contributed by atoms with Crippen molar-refractivity contribution in [3.05, 3.63) is 59.4 Å². The van der Waals surface area contributed by atoms with Gasteiger partial charge in [0, 0.05) is 11.4 Å². The maximum Gasteiger partial charge on any atom is 0.258 e. The maximum atomic E-state index is 13.5. The van der Waals surface area contributed by atoms with Crippen LogP contribution in [0.3, 0.4) is 0 Å². The van der Waals surface area contributed by atoms with Crippen molar-refractivity contribution in [1.29, 1.82) is 0 Å². The quantitative estimate of drug-likeness (QED) is 0.798. The fourth-order valence-electron chi connectivity index (χ4n) is 1.55. The lowest BCUT2D eigenvalue weighted by molar-refractivity contribution is 0.102. The molecular weight excluding hydrogens is 231 g/mol. The Morgan fingerprint density at radius 1 is 1.17 bits per heavy atom. The minimum absolute atomic E-state index is 0.0234. The van der Waals surface area contributed by atoms with Crippen molar-refractivity contribution in [3.8, 4) is 0 Å². The molecule has 0 heterocycles. The van der Waals surface area contributed by atoms with E-state index < -0.39 is 11.7 Å². The van der Waals surface area contributed by atoms with Crippen LogP contribution in [0.4, 0.5) is 15.8 Å². The third-order valence-electron chi connectivity index (χ3n) is 2.55. The van der Waals surface area contributed by atoms with Gasteiger partial charge in [-0.1, -0.05) is 17.7 Å². The van der Waals surface area contributed by atoms with E-state index in [0.717, 1.165) is 11.6 Å². The van der Waals surface area contributed by atoms with Gasteiger partial charge < -0.3 is 11.1 Å². The number of aryl methyl sites for hydroxylation is 1. The molecule has 0 fully saturated rings. The molecule has 0 aliphatic carbocycles. The maximum absolute atomic E-state index is 13.5. The summed E-state index contributed by atoms with van der Waals surface area (Å²) in [7, 11) is 0. The van der Waals surface area contributed by atoms with Crippen LogP contribution in [0.1, 0.15) is 15.9 Å². The molecule has 0 bridgehead atoms. The molecule has 0 aliphatic heterocycles. The van der Waals surface area contributed by atoms with Gasteiger partial charge in [0.1, 0.15) is 5.82 Å². The highest BCUT2D eigenvalue weighted by atomic mass is 19.1. The molecule has 4 heteroatoms. The molecule has 0 saturated heterocycles. The second-order valence-corrected chi connectivity index (χ2v) is 4.06. The topological polar surface area (TPSA) is 55.1 Å². The minimum atomic E-state index is -0.625. The van der Waals surface area contributed by atoms with Crippen molar-refractivity contribution in [2.75, 3.05) is 11.1 Å². The molecular formula is C14H13FN2O. The van der Waals surface area contributed by atoms with Gasteiger partial charge in [0.2, 0.25) is 0 Å². The summed E-state index contributed by atoms with van der Waals surface area (Å²) >= 11 is 0. The Balaban J connectivity index is 2.19. The smallest absolute Gasteiger partial charge is 0.258 e. The second-order valence-electron chi connectivity index (χ2n) is 4.06. The Labute approximate surface area is 104 Å². The van der Waals surface area contributed by atoms with Crippen molar-refractivity contribution >= 4 is 17.3 Å². The van der Waals surface area contributed by atoms with Gasteiger partial charge in [0.15, 0.2) is 0 Å². The van der Waals surface area contributed by atoms with E-state index in [1.165, 1.54) is 12.1 Å². The number of anilines is 2. The molecule has 2 rings (SSSR count). The summed E-state index contributed by atoms with van der Waals surface area (Å²) in [5, 5.41) is 2.63. The van der Waals surface area contributed by atoms with Crippen molar-refractivity contribution in [2.24, 2.45) is 0 Å². The van der Waals surface area contributed by atoms with E-state index in [2.05, 4.69) is 5.32 Å². The lowest BCUT2D eigenvalue weighted by atomic mass is 10.1. The van der Waals surface area contributed by atoms with E-state index in [1.54, 1.807) is 12.1 Å². The van der Waals surface area contributed by atoms with E-state index >= 15 is 0 Å². The van der Waals surface area contributed by atoms with Crippen LogP contribution in [-0.4, -0.2) is 5.91 Å². The van der Waals surface area contributed by atoms with Crippen LogP contribution in [0.2, 0.25) is 0 Å². The van der Waals surface area contributed by atoms with E-state index in [9.17, 15) is 9.18 Å². The summed E-state index contributed by atoms with van der Waals surface area (Å²) < 4.78 is 13.5. The van der Waals surface area contributed by atoms with Crippen LogP contribution in [0, 0.1) is 12.7 Å². The Morgan fingerprint density at radius 3 is 2.44 bits per heavy atom. The zero-order valence-electron chi connectivity index (χ0n) is 9.91. The third kappa shape index (κ3) is 2.66. The Bertz CT molecular complexity index is 579. The first-order valence-corrected chi connectivity index (χ1v) is 5.49. The average Bonchev–Trinajstić information content (AvgIpc) is 2.32. The Hall–Kier alpha value is -2.36. The number of rotatable bonds is 2. The van der Waals surface area contributed by atoms with E-state index in [0.29, 0.717) is 11.4 Å². The van der Waals surface area contributed by atoms with Gasteiger partial charge in [-0.15, -0.1) is 0 Å².